The minimum atomic E-state index is -0.683. The van der Waals surface area contributed by atoms with Gasteiger partial charge in [0.2, 0.25) is 5.91 Å². The van der Waals surface area contributed by atoms with Gasteiger partial charge in [-0.3, -0.25) is 4.79 Å². The van der Waals surface area contributed by atoms with Gasteiger partial charge in [0.05, 0.1) is 0 Å². The van der Waals surface area contributed by atoms with Gasteiger partial charge >= 0.3 is 5.97 Å². The Morgan fingerprint density at radius 2 is 2.15 bits per heavy atom. The van der Waals surface area contributed by atoms with Gasteiger partial charge in [0.25, 0.3) is 0 Å². The molecule has 13 heavy (non-hydrogen) atoms. The Kier molecular flexibility index (Phi) is 7.23. The van der Waals surface area contributed by atoms with Crippen LogP contribution in [0.1, 0.15) is 6.42 Å². The van der Waals surface area contributed by atoms with E-state index >= 15 is 0 Å². The molecule has 74 valence electrons. The molecule has 0 bridgehead atoms. The molecule has 0 aliphatic heterocycles. The lowest BCUT2D eigenvalue weighted by molar-refractivity contribution is -0.145. The molecular weight excluding hydrogens is 240 g/mol. The van der Waals surface area contributed by atoms with Crippen LogP contribution in [0.4, 0.5) is 0 Å². The Hall–Kier alpha value is -0.880. The smallest absolute Gasteiger partial charge is 0.349 e. The quantitative estimate of drug-likeness (QED) is 0.298. The molecule has 0 saturated carbocycles. The molecule has 0 atom stereocenters. The van der Waals surface area contributed by atoms with Gasteiger partial charge < -0.3 is 10.6 Å². The number of carbonyl (C=O) groups excluding carboxylic acids is 2. The van der Waals surface area contributed by atoms with Gasteiger partial charge in [-0.25, -0.2) is 4.79 Å². The van der Waals surface area contributed by atoms with Gasteiger partial charge in [-0.05, 0) is 6.42 Å². The van der Waals surface area contributed by atoms with E-state index in [-0.39, 0.29) is 0 Å². The van der Waals surface area contributed by atoms with Crippen molar-refractivity contribution in [2.24, 2.45) is 5.73 Å². The fourth-order valence-electron chi connectivity index (χ4n) is 0.445. The van der Waals surface area contributed by atoms with Crippen LogP contribution in [0, 0.1) is 0 Å². The number of halogens is 1. The Morgan fingerprint density at radius 1 is 1.46 bits per heavy atom. The lowest BCUT2D eigenvalue weighted by Crippen LogP contribution is -2.20. The first-order chi connectivity index (χ1) is 6.16. The zero-order chi connectivity index (χ0) is 10.1. The van der Waals surface area contributed by atoms with E-state index < -0.39 is 11.9 Å². The summed E-state index contributed by atoms with van der Waals surface area (Å²) in [5, 5.41) is 0.828. The molecule has 5 nitrogen and oxygen atoms in total. The van der Waals surface area contributed by atoms with Crippen molar-refractivity contribution in [3.8, 4) is 0 Å². The minimum absolute atomic E-state index is 0.557. The van der Waals surface area contributed by atoms with Crippen LogP contribution >= 0.6 is 15.9 Å². The fourth-order valence-corrected chi connectivity index (χ4v) is 0.726. The summed E-state index contributed by atoms with van der Waals surface area (Å²) < 4.78 is 0. The van der Waals surface area contributed by atoms with Gasteiger partial charge in [-0.1, -0.05) is 15.9 Å². The second kappa shape index (κ2) is 7.75. The van der Waals surface area contributed by atoms with Gasteiger partial charge in [-0.2, -0.15) is 5.48 Å². The number of hydrogen-bond acceptors (Lipinski definition) is 4. The van der Waals surface area contributed by atoms with E-state index in [0.29, 0.717) is 6.54 Å². The van der Waals surface area contributed by atoms with Crippen molar-refractivity contribution in [3.05, 3.63) is 12.2 Å². The van der Waals surface area contributed by atoms with Crippen LogP contribution < -0.4 is 11.2 Å². The summed E-state index contributed by atoms with van der Waals surface area (Å²) in [5.74, 6) is -1.33. The Bertz CT molecular complexity index is 206. The summed E-state index contributed by atoms with van der Waals surface area (Å²) in [5.41, 5.74) is 7.18. The predicted octanol–water partition coefficient (Wildman–Crippen LogP) is -0.139. The summed E-state index contributed by atoms with van der Waals surface area (Å²) in [7, 11) is 0. The molecule has 0 spiro atoms. The van der Waals surface area contributed by atoms with Crippen LogP contribution in [-0.2, 0) is 14.4 Å². The van der Waals surface area contributed by atoms with Gasteiger partial charge in [0, 0.05) is 24.0 Å². The number of carbonyl (C=O) groups is 2. The standard InChI is InChI=1S/C7H11BrN2O3/c8-4-1-5-10-13-7(12)3-2-6(9)11/h2-3,10H,1,4-5H2,(H2,9,11)/b3-2-. The van der Waals surface area contributed by atoms with Crippen molar-refractivity contribution in [3.63, 3.8) is 0 Å². The molecule has 0 fully saturated rings. The monoisotopic (exact) mass is 250 g/mol. The molecule has 0 aromatic rings. The molecule has 0 heterocycles. The SMILES string of the molecule is NC(=O)/C=C\C(=O)ONCCCBr. The minimum Gasteiger partial charge on any atom is -0.367 e. The number of nitrogens with two attached hydrogens (primary N) is 1. The topological polar surface area (TPSA) is 81.4 Å². The maximum atomic E-state index is 10.7. The van der Waals surface area contributed by atoms with Crippen LogP contribution in [0.5, 0.6) is 0 Å². The summed E-state index contributed by atoms with van der Waals surface area (Å²) >= 11 is 3.21. The van der Waals surface area contributed by atoms with E-state index in [1.807, 2.05) is 0 Å². The first-order valence-corrected chi connectivity index (χ1v) is 4.76. The second-order valence-electron chi connectivity index (χ2n) is 2.09. The molecule has 1 amide bonds. The largest absolute Gasteiger partial charge is 0.367 e. The normalized spacial score (nSPS) is 10.2. The molecule has 0 aromatic heterocycles. The van der Waals surface area contributed by atoms with Crippen molar-refractivity contribution >= 4 is 27.8 Å². The Morgan fingerprint density at radius 3 is 2.69 bits per heavy atom. The highest BCUT2D eigenvalue weighted by molar-refractivity contribution is 9.09. The maximum absolute atomic E-state index is 10.7. The molecule has 0 radical (unpaired) electrons. The van der Waals surface area contributed by atoms with Crippen LogP contribution in [0.15, 0.2) is 12.2 Å². The predicted molar refractivity (Wildman–Crippen MR) is 50.8 cm³/mol. The van der Waals surface area contributed by atoms with Gasteiger partial charge in [0.1, 0.15) is 0 Å². The van der Waals surface area contributed by atoms with Crippen molar-refractivity contribution in [2.75, 3.05) is 11.9 Å². The maximum Gasteiger partial charge on any atom is 0.349 e. The van der Waals surface area contributed by atoms with E-state index in [2.05, 4.69) is 26.2 Å². The third kappa shape index (κ3) is 9.03. The summed E-state index contributed by atoms with van der Waals surface area (Å²) in [6.07, 6.45) is 2.74. The highest BCUT2D eigenvalue weighted by atomic mass is 79.9. The number of nitrogens with one attached hydrogen (secondary N) is 1. The summed E-state index contributed by atoms with van der Waals surface area (Å²) in [4.78, 5) is 25.4. The molecule has 0 aliphatic rings. The number of primary amides is 1. The van der Waals surface area contributed by atoms with Crippen molar-refractivity contribution in [2.45, 2.75) is 6.42 Å². The lowest BCUT2D eigenvalue weighted by atomic mass is 10.5. The number of alkyl halides is 1. The molecule has 0 saturated heterocycles. The third-order valence-corrected chi connectivity index (χ3v) is 1.53. The van der Waals surface area contributed by atoms with E-state index in [1.54, 1.807) is 0 Å². The van der Waals surface area contributed by atoms with Crippen molar-refractivity contribution in [1.82, 2.24) is 5.48 Å². The van der Waals surface area contributed by atoms with Gasteiger partial charge in [0.15, 0.2) is 0 Å². The number of rotatable bonds is 6. The molecule has 0 unspecified atom stereocenters. The number of hydrogen-bond donors (Lipinski definition) is 2. The van der Waals surface area contributed by atoms with E-state index in [1.165, 1.54) is 0 Å². The average molecular weight is 251 g/mol. The van der Waals surface area contributed by atoms with E-state index in [0.717, 1.165) is 23.9 Å². The Labute approximate surface area is 84.4 Å². The first kappa shape index (κ1) is 12.1. The highest BCUT2D eigenvalue weighted by Gasteiger charge is 1.96. The molecule has 6 heteroatoms. The van der Waals surface area contributed by atoms with E-state index in [9.17, 15) is 9.59 Å². The van der Waals surface area contributed by atoms with Crippen molar-refractivity contribution in [1.29, 1.82) is 0 Å². The third-order valence-electron chi connectivity index (χ3n) is 0.969. The molecule has 0 aliphatic carbocycles. The lowest BCUT2D eigenvalue weighted by Gasteiger charge is -2.00. The summed E-state index contributed by atoms with van der Waals surface area (Å²) in [6.45, 7) is 0.557. The van der Waals surface area contributed by atoms with Crippen LogP contribution in [-0.4, -0.2) is 23.8 Å². The number of hydroxylamine groups is 1. The van der Waals surface area contributed by atoms with Gasteiger partial charge in [-0.15, -0.1) is 0 Å². The Balaban J connectivity index is 3.46. The van der Waals surface area contributed by atoms with Crippen molar-refractivity contribution < 1.29 is 14.4 Å². The van der Waals surface area contributed by atoms with Crippen LogP contribution in [0.25, 0.3) is 0 Å². The second-order valence-corrected chi connectivity index (χ2v) is 2.89. The number of amides is 1. The molecule has 0 rings (SSSR count). The van der Waals surface area contributed by atoms with Crippen LogP contribution in [0.2, 0.25) is 0 Å². The molecular formula is C7H11BrN2O3. The zero-order valence-corrected chi connectivity index (χ0v) is 8.54. The average Bonchev–Trinajstić information content (AvgIpc) is 2.09. The molecule has 3 N–H and O–H groups in total. The fraction of sp³-hybridized carbons (Fsp3) is 0.429. The highest BCUT2D eigenvalue weighted by Crippen LogP contribution is 1.85. The molecule has 0 aromatic carbocycles. The van der Waals surface area contributed by atoms with E-state index in [4.69, 9.17) is 5.73 Å². The summed E-state index contributed by atoms with van der Waals surface area (Å²) in [6, 6.07) is 0. The zero-order valence-electron chi connectivity index (χ0n) is 6.96. The van der Waals surface area contributed by atoms with Crippen LogP contribution in [0.3, 0.4) is 0 Å². The first-order valence-electron chi connectivity index (χ1n) is 3.64.